The molecular formula is C19H18F2O6. The number of carbonyl (C=O) groups is 2. The first-order valence-corrected chi connectivity index (χ1v) is 8.00. The van der Waals surface area contributed by atoms with Gasteiger partial charge in [0.05, 0.1) is 11.1 Å². The van der Waals surface area contributed by atoms with Gasteiger partial charge in [-0.15, -0.1) is 0 Å². The van der Waals surface area contributed by atoms with E-state index in [4.69, 9.17) is 14.6 Å². The summed E-state index contributed by atoms with van der Waals surface area (Å²) in [4.78, 5) is 23.9. The summed E-state index contributed by atoms with van der Waals surface area (Å²) in [6.07, 6.45) is -4.45. The van der Waals surface area contributed by atoms with E-state index in [-0.39, 0.29) is 11.1 Å². The van der Waals surface area contributed by atoms with Gasteiger partial charge in [-0.1, -0.05) is 36.4 Å². The third-order valence-electron chi connectivity index (χ3n) is 3.61. The van der Waals surface area contributed by atoms with Crippen molar-refractivity contribution in [3.05, 3.63) is 71.8 Å². The zero-order chi connectivity index (χ0) is 19.9. The first-order chi connectivity index (χ1) is 12.8. The van der Waals surface area contributed by atoms with Crippen LogP contribution in [-0.2, 0) is 9.47 Å². The van der Waals surface area contributed by atoms with Gasteiger partial charge in [-0.05, 0) is 24.3 Å². The molecule has 0 bridgehead atoms. The van der Waals surface area contributed by atoms with E-state index >= 15 is 0 Å². The van der Waals surface area contributed by atoms with Gasteiger partial charge in [-0.2, -0.15) is 8.78 Å². The van der Waals surface area contributed by atoms with E-state index in [1.165, 1.54) is 36.4 Å². The van der Waals surface area contributed by atoms with Crippen LogP contribution >= 0.6 is 0 Å². The van der Waals surface area contributed by atoms with Gasteiger partial charge in [0.15, 0.2) is 6.10 Å². The van der Waals surface area contributed by atoms with Gasteiger partial charge in [-0.25, -0.2) is 9.59 Å². The monoisotopic (exact) mass is 380 g/mol. The quantitative estimate of drug-likeness (QED) is 0.681. The van der Waals surface area contributed by atoms with Crippen LogP contribution in [0.3, 0.4) is 0 Å². The summed E-state index contributed by atoms with van der Waals surface area (Å²) in [6, 6.07) is 15.1. The van der Waals surface area contributed by atoms with E-state index in [0.29, 0.717) is 0 Å². The zero-order valence-electron chi connectivity index (χ0n) is 14.1. The van der Waals surface area contributed by atoms with Crippen LogP contribution in [0.15, 0.2) is 60.7 Å². The molecule has 0 aromatic heterocycles. The minimum Gasteiger partial charge on any atom is -0.459 e. The Kier molecular flexibility index (Phi) is 6.98. The Morgan fingerprint density at radius 1 is 0.926 bits per heavy atom. The molecule has 2 aromatic rings. The van der Waals surface area contributed by atoms with Crippen molar-refractivity contribution in [3.63, 3.8) is 0 Å². The second-order valence-electron chi connectivity index (χ2n) is 5.64. The number of halogens is 2. The third kappa shape index (κ3) is 5.57. The molecule has 0 aliphatic heterocycles. The highest BCUT2D eigenvalue weighted by Gasteiger charge is 2.47. The molecule has 2 aromatic carbocycles. The van der Waals surface area contributed by atoms with Crippen LogP contribution in [0.4, 0.5) is 8.78 Å². The number of benzene rings is 2. The van der Waals surface area contributed by atoms with Gasteiger partial charge >= 0.3 is 17.9 Å². The second kappa shape index (κ2) is 9.20. The molecule has 2 atom stereocenters. The maximum absolute atomic E-state index is 14.0. The van der Waals surface area contributed by atoms with Gasteiger partial charge in [-0.3, -0.25) is 0 Å². The highest BCUT2D eigenvalue weighted by atomic mass is 19.3. The molecule has 0 heterocycles. The number of carbonyl (C=O) groups excluding carboxylic acids is 2. The Labute approximate surface area is 154 Å². The lowest BCUT2D eigenvalue weighted by atomic mass is 10.1. The van der Waals surface area contributed by atoms with Crippen molar-refractivity contribution >= 4 is 11.9 Å². The predicted molar refractivity (Wildman–Crippen MR) is 90.4 cm³/mol. The molecule has 0 radical (unpaired) electrons. The molecule has 2 unspecified atom stereocenters. The van der Waals surface area contributed by atoms with Crippen molar-refractivity contribution in [2.75, 3.05) is 13.2 Å². The number of alkyl halides is 2. The van der Waals surface area contributed by atoms with Gasteiger partial charge < -0.3 is 19.7 Å². The Morgan fingerprint density at radius 3 is 1.89 bits per heavy atom. The molecule has 2 N–H and O–H groups in total. The predicted octanol–water partition coefficient (Wildman–Crippen LogP) is 2.06. The van der Waals surface area contributed by atoms with Crippen LogP contribution in [0.5, 0.6) is 0 Å². The lowest BCUT2D eigenvalue weighted by Crippen LogP contribution is -2.50. The zero-order valence-corrected chi connectivity index (χ0v) is 14.1. The number of ether oxygens (including phenoxy) is 2. The average Bonchev–Trinajstić information content (AvgIpc) is 2.70. The molecule has 0 spiro atoms. The summed E-state index contributed by atoms with van der Waals surface area (Å²) in [5.41, 5.74) is 0.154. The number of esters is 2. The van der Waals surface area contributed by atoms with Crippen LogP contribution in [-0.4, -0.2) is 53.5 Å². The minimum atomic E-state index is -3.94. The summed E-state index contributed by atoms with van der Waals surface area (Å²) >= 11 is 0. The second-order valence-corrected chi connectivity index (χ2v) is 5.64. The fourth-order valence-electron chi connectivity index (χ4n) is 2.20. The van der Waals surface area contributed by atoms with Crippen LogP contribution in [0.1, 0.15) is 20.7 Å². The van der Waals surface area contributed by atoms with Crippen molar-refractivity contribution < 1.29 is 38.1 Å². The Hall–Kier alpha value is -2.84. The Bertz CT molecular complexity index is 751. The van der Waals surface area contributed by atoms with Crippen molar-refractivity contribution in [2.24, 2.45) is 0 Å². The van der Waals surface area contributed by atoms with Gasteiger partial charge in [0.2, 0.25) is 0 Å². The van der Waals surface area contributed by atoms with E-state index in [9.17, 15) is 23.5 Å². The summed E-state index contributed by atoms with van der Waals surface area (Å²) in [6.45, 7) is -2.51. The molecule has 144 valence electrons. The first-order valence-electron chi connectivity index (χ1n) is 8.00. The molecule has 0 aliphatic rings. The topological polar surface area (TPSA) is 93.1 Å². The minimum absolute atomic E-state index is 0.00952. The number of hydrogen-bond donors (Lipinski definition) is 2. The maximum Gasteiger partial charge on any atom is 0.338 e. The molecule has 0 saturated heterocycles. The van der Waals surface area contributed by atoms with E-state index in [1.54, 1.807) is 24.3 Å². The number of hydrogen-bond acceptors (Lipinski definition) is 6. The maximum atomic E-state index is 14.0. The lowest BCUT2D eigenvalue weighted by molar-refractivity contribution is -0.179. The third-order valence-corrected chi connectivity index (χ3v) is 3.61. The summed E-state index contributed by atoms with van der Waals surface area (Å²) < 4.78 is 37.4. The van der Waals surface area contributed by atoms with Crippen LogP contribution in [0, 0.1) is 0 Å². The van der Waals surface area contributed by atoms with Crippen LogP contribution < -0.4 is 0 Å². The molecule has 27 heavy (non-hydrogen) atoms. The molecule has 0 fully saturated rings. The molecule has 0 aliphatic carbocycles. The summed E-state index contributed by atoms with van der Waals surface area (Å²) in [5.74, 6) is -5.89. The molecular weight excluding hydrogens is 362 g/mol. The van der Waals surface area contributed by atoms with Crippen molar-refractivity contribution in [2.45, 2.75) is 18.1 Å². The number of rotatable bonds is 8. The summed E-state index contributed by atoms with van der Waals surface area (Å²) in [7, 11) is 0. The van der Waals surface area contributed by atoms with Gasteiger partial charge in [0.25, 0.3) is 0 Å². The van der Waals surface area contributed by atoms with Crippen molar-refractivity contribution in [1.29, 1.82) is 0 Å². The van der Waals surface area contributed by atoms with Crippen molar-refractivity contribution in [3.8, 4) is 0 Å². The Balaban J connectivity index is 2.06. The number of aliphatic hydroxyl groups is 2. The SMILES string of the molecule is O=C(OCC(O)C(OC(=O)c1ccccc1)C(F)(F)CO)c1ccccc1. The van der Waals surface area contributed by atoms with Gasteiger partial charge in [0, 0.05) is 0 Å². The van der Waals surface area contributed by atoms with E-state index in [0.717, 1.165) is 0 Å². The Morgan fingerprint density at radius 2 is 1.41 bits per heavy atom. The summed E-state index contributed by atoms with van der Waals surface area (Å²) in [5, 5.41) is 18.9. The largest absolute Gasteiger partial charge is 0.459 e. The molecule has 0 saturated carbocycles. The molecule has 6 nitrogen and oxygen atoms in total. The van der Waals surface area contributed by atoms with E-state index in [2.05, 4.69) is 0 Å². The first kappa shape index (κ1) is 20.5. The molecule has 0 amide bonds. The van der Waals surface area contributed by atoms with E-state index < -0.39 is 43.3 Å². The standard InChI is InChI=1S/C19H18F2O6/c20-19(21,12-22)16(27-18(25)14-9-5-2-6-10-14)15(23)11-26-17(24)13-7-3-1-4-8-13/h1-10,15-16,22-23H,11-12H2. The molecule has 8 heteroatoms. The molecule has 2 rings (SSSR count). The fourth-order valence-corrected chi connectivity index (χ4v) is 2.20. The highest BCUT2D eigenvalue weighted by Crippen LogP contribution is 2.25. The van der Waals surface area contributed by atoms with Gasteiger partial charge in [0.1, 0.15) is 19.3 Å². The lowest BCUT2D eigenvalue weighted by Gasteiger charge is -2.28. The van der Waals surface area contributed by atoms with E-state index in [1.807, 2.05) is 0 Å². The van der Waals surface area contributed by atoms with Crippen LogP contribution in [0.25, 0.3) is 0 Å². The highest BCUT2D eigenvalue weighted by molar-refractivity contribution is 5.90. The average molecular weight is 380 g/mol. The normalized spacial score (nSPS) is 13.5. The fraction of sp³-hybridized carbons (Fsp3) is 0.263. The smallest absolute Gasteiger partial charge is 0.338 e. The van der Waals surface area contributed by atoms with Crippen molar-refractivity contribution in [1.82, 2.24) is 0 Å². The van der Waals surface area contributed by atoms with Crippen LogP contribution in [0.2, 0.25) is 0 Å². The number of aliphatic hydroxyl groups excluding tert-OH is 2.